The van der Waals surface area contributed by atoms with E-state index in [2.05, 4.69) is 10.3 Å². The van der Waals surface area contributed by atoms with Crippen LogP contribution in [0.5, 0.6) is 0 Å². The second-order valence-electron chi connectivity index (χ2n) is 3.50. The van der Waals surface area contributed by atoms with Crippen LogP contribution in [0.4, 0.5) is 11.5 Å². The molecule has 3 N–H and O–H groups in total. The third kappa shape index (κ3) is 2.55. The monoisotopic (exact) mass is 281 g/mol. The molecule has 1 amide bonds. The quantitative estimate of drug-likeness (QED) is 0.888. The Morgan fingerprint density at radius 2 is 2.00 bits per heavy atom. The number of amides is 1. The molecule has 1 aromatic carbocycles. The molecule has 0 radical (unpaired) electrons. The maximum Gasteiger partial charge on any atom is 0.258 e. The lowest BCUT2D eigenvalue weighted by Crippen LogP contribution is -2.14. The number of pyridine rings is 1. The van der Waals surface area contributed by atoms with Gasteiger partial charge in [-0.05, 0) is 24.3 Å². The van der Waals surface area contributed by atoms with Crippen LogP contribution in [-0.4, -0.2) is 10.9 Å². The first-order chi connectivity index (χ1) is 8.59. The van der Waals surface area contributed by atoms with E-state index in [1.54, 1.807) is 30.3 Å². The van der Waals surface area contributed by atoms with E-state index in [-0.39, 0.29) is 10.6 Å². The van der Waals surface area contributed by atoms with Gasteiger partial charge in [0.1, 0.15) is 0 Å². The molecule has 0 aliphatic carbocycles. The molecule has 92 valence electrons. The van der Waals surface area contributed by atoms with Crippen LogP contribution in [0.2, 0.25) is 10.0 Å². The van der Waals surface area contributed by atoms with Crippen molar-refractivity contribution < 1.29 is 4.79 Å². The summed E-state index contributed by atoms with van der Waals surface area (Å²) in [5, 5.41) is 3.09. The van der Waals surface area contributed by atoms with Crippen molar-refractivity contribution in [2.75, 3.05) is 11.1 Å². The number of carbonyl (C=O) groups excluding carboxylic acids is 1. The Morgan fingerprint density at radius 1 is 1.22 bits per heavy atom. The molecule has 0 bridgehead atoms. The molecule has 0 spiro atoms. The standard InChI is InChI=1S/C12H9Cl2N3O/c13-8-4-1-3-7(10(8)14)12(18)17-11-9(15)5-2-6-16-11/h1-6H,15H2,(H,16,17,18). The van der Waals surface area contributed by atoms with Crippen LogP contribution in [-0.2, 0) is 0 Å². The van der Waals surface area contributed by atoms with Crippen molar-refractivity contribution in [2.45, 2.75) is 0 Å². The van der Waals surface area contributed by atoms with Crippen LogP contribution in [0.25, 0.3) is 0 Å². The highest BCUT2D eigenvalue weighted by atomic mass is 35.5. The lowest BCUT2D eigenvalue weighted by Gasteiger charge is -2.08. The number of carbonyl (C=O) groups is 1. The number of hydrogen-bond acceptors (Lipinski definition) is 3. The first-order valence-electron chi connectivity index (χ1n) is 5.05. The topological polar surface area (TPSA) is 68.0 Å². The predicted molar refractivity (Wildman–Crippen MR) is 73.1 cm³/mol. The summed E-state index contributed by atoms with van der Waals surface area (Å²) in [6.45, 7) is 0. The molecule has 4 nitrogen and oxygen atoms in total. The Labute approximate surface area is 114 Å². The average molecular weight is 282 g/mol. The minimum absolute atomic E-state index is 0.200. The zero-order valence-corrected chi connectivity index (χ0v) is 10.7. The summed E-state index contributed by atoms with van der Waals surface area (Å²) in [6, 6.07) is 8.14. The summed E-state index contributed by atoms with van der Waals surface area (Å²) in [5.41, 5.74) is 6.33. The number of nitrogen functional groups attached to an aromatic ring is 1. The van der Waals surface area contributed by atoms with Gasteiger partial charge in [0, 0.05) is 6.20 Å². The van der Waals surface area contributed by atoms with E-state index in [0.717, 1.165) is 0 Å². The third-order valence-corrected chi connectivity index (χ3v) is 3.09. The van der Waals surface area contributed by atoms with E-state index in [1.165, 1.54) is 6.20 Å². The molecule has 18 heavy (non-hydrogen) atoms. The van der Waals surface area contributed by atoms with E-state index in [0.29, 0.717) is 16.5 Å². The molecule has 6 heteroatoms. The highest BCUT2D eigenvalue weighted by Gasteiger charge is 2.14. The van der Waals surface area contributed by atoms with Gasteiger partial charge in [0.05, 0.1) is 21.3 Å². The van der Waals surface area contributed by atoms with Gasteiger partial charge in [-0.15, -0.1) is 0 Å². The van der Waals surface area contributed by atoms with Gasteiger partial charge in [0.25, 0.3) is 5.91 Å². The number of nitrogens with one attached hydrogen (secondary N) is 1. The zero-order valence-electron chi connectivity index (χ0n) is 9.15. The van der Waals surface area contributed by atoms with E-state index in [4.69, 9.17) is 28.9 Å². The summed E-state index contributed by atoms with van der Waals surface area (Å²) in [7, 11) is 0. The molecule has 0 saturated heterocycles. The van der Waals surface area contributed by atoms with Gasteiger partial charge in [0.15, 0.2) is 5.82 Å². The summed E-state index contributed by atoms with van der Waals surface area (Å²) < 4.78 is 0. The fourth-order valence-corrected chi connectivity index (χ4v) is 1.76. The molecule has 0 saturated carbocycles. The molecule has 0 atom stereocenters. The Hall–Kier alpha value is -1.78. The fourth-order valence-electron chi connectivity index (χ4n) is 1.38. The number of nitrogens with zero attached hydrogens (tertiary/aromatic N) is 1. The Balaban J connectivity index is 2.28. The number of nitrogens with two attached hydrogens (primary N) is 1. The SMILES string of the molecule is Nc1cccnc1NC(=O)c1cccc(Cl)c1Cl. The number of halogens is 2. The molecule has 2 aromatic rings. The van der Waals surface area contributed by atoms with Crippen molar-refractivity contribution in [1.82, 2.24) is 4.98 Å². The number of rotatable bonds is 2. The fraction of sp³-hybridized carbons (Fsp3) is 0. The largest absolute Gasteiger partial charge is 0.396 e. The first-order valence-corrected chi connectivity index (χ1v) is 5.81. The third-order valence-electron chi connectivity index (χ3n) is 2.27. The van der Waals surface area contributed by atoms with Gasteiger partial charge in [-0.25, -0.2) is 4.98 Å². The van der Waals surface area contributed by atoms with Gasteiger partial charge in [-0.2, -0.15) is 0 Å². The Bertz CT molecular complexity index is 602. The van der Waals surface area contributed by atoms with Crippen molar-refractivity contribution in [1.29, 1.82) is 0 Å². The normalized spacial score (nSPS) is 10.1. The smallest absolute Gasteiger partial charge is 0.258 e. The molecule has 0 aliphatic heterocycles. The second-order valence-corrected chi connectivity index (χ2v) is 4.28. The van der Waals surface area contributed by atoms with Crippen molar-refractivity contribution in [3.63, 3.8) is 0 Å². The van der Waals surface area contributed by atoms with Crippen LogP contribution < -0.4 is 11.1 Å². The van der Waals surface area contributed by atoms with Gasteiger partial charge >= 0.3 is 0 Å². The zero-order chi connectivity index (χ0) is 13.1. The van der Waals surface area contributed by atoms with Crippen LogP contribution >= 0.6 is 23.2 Å². The van der Waals surface area contributed by atoms with Crippen molar-refractivity contribution in [2.24, 2.45) is 0 Å². The highest BCUT2D eigenvalue weighted by Crippen LogP contribution is 2.26. The Morgan fingerprint density at radius 3 is 2.72 bits per heavy atom. The predicted octanol–water partition coefficient (Wildman–Crippen LogP) is 3.22. The minimum Gasteiger partial charge on any atom is -0.396 e. The van der Waals surface area contributed by atoms with Gasteiger partial charge in [-0.1, -0.05) is 29.3 Å². The van der Waals surface area contributed by atoms with E-state index < -0.39 is 5.91 Å². The van der Waals surface area contributed by atoms with Crippen LogP contribution in [0.1, 0.15) is 10.4 Å². The van der Waals surface area contributed by atoms with Crippen LogP contribution in [0, 0.1) is 0 Å². The first kappa shape index (κ1) is 12.7. The molecular formula is C12H9Cl2N3O. The molecule has 0 unspecified atom stereocenters. The van der Waals surface area contributed by atoms with Gasteiger partial charge < -0.3 is 11.1 Å². The number of hydrogen-bond donors (Lipinski definition) is 2. The van der Waals surface area contributed by atoms with Gasteiger partial charge in [0.2, 0.25) is 0 Å². The summed E-state index contributed by atoms with van der Waals surface area (Å²) in [5.74, 6) is -0.119. The van der Waals surface area contributed by atoms with Crippen molar-refractivity contribution >= 4 is 40.6 Å². The van der Waals surface area contributed by atoms with Crippen LogP contribution in [0.15, 0.2) is 36.5 Å². The second kappa shape index (κ2) is 5.25. The summed E-state index contributed by atoms with van der Waals surface area (Å²) >= 11 is 11.8. The summed E-state index contributed by atoms with van der Waals surface area (Å²) in [4.78, 5) is 16.0. The minimum atomic E-state index is -0.409. The number of aromatic nitrogens is 1. The summed E-state index contributed by atoms with van der Waals surface area (Å²) in [6.07, 6.45) is 1.53. The van der Waals surface area contributed by atoms with E-state index in [9.17, 15) is 4.79 Å². The molecule has 0 fully saturated rings. The highest BCUT2D eigenvalue weighted by molar-refractivity contribution is 6.44. The average Bonchev–Trinajstić information content (AvgIpc) is 2.35. The lowest BCUT2D eigenvalue weighted by molar-refractivity contribution is 0.102. The number of anilines is 2. The van der Waals surface area contributed by atoms with Crippen LogP contribution in [0.3, 0.4) is 0 Å². The molecule has 0 aliphatic rings. The Kier molecular flexibility index (Phi) is 3.69. The molecular weight excluding hydrogens is 273 g/mol. The molecule has 2 rings (SSSR count). The van der Waals surface area contributed by atoms with E-state index >= 15 is 0 Å². The van der Waals surface area contributed by atoms with Gasteiger partial charge in [-0.3, -0.25) is 4.79 Å². The van der Waals surface area contributed by atoms with E-state index in [1.807, 2.05) is 0 Å². The maximum atomic E-state index is 12.0. The maximum absolute atomic E-state index is 12.0. The lowest BCUT2D eigenvalue weighted by atomic mass is 10.2. The van der Waals surface area contributed by atoms with Crippen molar-refractivity contribution in [3.8, 4) is 0 Å². The number of benzene rings is 1. The molecule has 1 heterocycles. The molecule has 1 aromatic heterocycles. The van der Waals surface area contributed by atoms with Crippen molar-refractivity contribution in [3.05, 3.63) is 52.1 Å².